The van der Waals surface area contributed by atoms with Gasteiger partial charge in [0.25, 0.3) is 0 Å². The van der Waals surface area contributed by atoms with E-state index in [1.807, 2.05) is 20.8 Å². The van der Waals surface area contributed by atoms with Crippen LogP contribution in [-0.2, 0) is 9.53 Å². The Labute approximate surface area is 89.2 Å². The van der Waals surface area contributed by atoms with Gasteiger partial charge in [0.15, 0.2) is 0 Å². The van der Waals surface area contributed by atoms with Crippen molar-refractivity contribution in [3.8, 4) is 0 Å². The summed E-state index contributed by atoms with van der Waals surface area (Å²) in [5.41, 5.74) is -0.352. The maximum Gasteiger partial charge on any atom is 0.306 e. The van der Waals surface area contributed by atoms with E-state index in [-0.39, 0.29) is 11.6 Å². The van der Waals surface area contributed by atoms with Gasteiger partial charge in [-0.05, 0) is 33.1 Å². The van der Waals surface area contributed by atoms with Crippen LogP contribution in [0.3, 0.4) is 0 Å². The van der Waals surface area contributed by atoms with Crippen LogP contribution >= 0.6 is 15.9 Å². The summed E-state index contributed by atoms with van der Waals surface area (Å²) in [5.74, 6) is 0.438. The maximum absolute atomic E-state index is 11.2. The summed E-state index contributed by atoms with van der Waals surface area (Å²) in [5, 5.41) is 0.940. The maximum atomic E-state index is 11.2. The molecule has 0 spiro atoms. The Morgan fingerprint density at radius 1 is 1.46 bits per heavy atom. The average Bonchev–Trinajstić information content (AvgIpc) is 1.97. The van der Waals surface area contributed by atoms with E-state index in [0.29, 0.717) is 12.3 Å². The van der Waals surface area contributed by atoms with Crippen molar-refractivity contribution in [2.45, 2.75) is 46.1 Å². The van der Waals surface area contributed by atoms with E-state index < -0.39 is 0 Å². The minimum absolute atomic E-state index is 0.0969. The molecular weight excluding hydrogens is 232 g/mol. The number of rotatable bonds is 4. The van der Waals surface area contributed by atoms with Crippen molar-refractivity contribution in [2.24, 2.45) is 5.92 Å². The van der Waals surface area contributed by atoms with Crippen molar-refractivity contribution in [1.29, 1.82) is 0 Å². The van der Waals surface area contributed by atoms with E-state index in [2.05, 4.69) is 22.9 Å². The predicted octanol–water partition coefficient (Wildman–Crippen LogP) is 3.14. The molecule has 0 N–H and O–H groups in total. The molecule has 3 heteroatoms. The van der Waals surface area contributed by atoms with Gasteiger partial charge in [0.05, 0.1) is 0 Å². The summed E-state index contributed by atoms with van der Waals surface area (Å²) in [7, 11) is 0. The highest BCUT2D eigenvalue weighted by Crippen LogP contribution is 2.13. The molecule has 0 heterocycles. The second kappa shape index (κ2) is 5.63. The van der Waals surface area contributed by atoms with Crippen LogP contribution in [-0.4, -0.2) is 16.9 Å². The molecule has 13 heavy (non-hydrogen) atoms. The lowest BCUT2D eigenvalue weighted by molar-refractivity contribution is -0.155. The molecule has 0 bridgehead atoms. The molecule has 0 saturated heterocycles. The normalized spacial score (nSPS) is 13.9. The number of esters is 1. The molecule has 0 aromatic carbocycles. The molecule has 1 atom stereocenters. The number of halogens is 1. The van der Waals surface area contributed by atoms with E-state index >= 15 is 0 Å². The van der Waals surface area contributed by atoms with E-state index in [0.717, 1.165) is 11.8 Å². The number of hydrogen-bond donors (Lipinski definition) is 0. The van der Waals surface area contributed by atoms with Gasteiger partial charge in [-0.25, -0.2) is 0 Å². The number of carbonyl (C=O) groups is 1. The molecule has 0 amide bonds. The predicted molar refractivity (Wildman–Crippen MR) is 58.0 cm³/mol. The zero-order chi connectivity index (χ0) is 10.5. The first-order chi connectivity index (χ1) is 5.85. The molecule has 0 rings (SSSR count). The zero-order valence-corrected chi connectivity index (χ0v) is 10.5. The van der Waals surface area contributed by atoms with Crippen LogP contribution in [0.4, 0.5) is 0 Å². The fourth-order valence-corrected chi connectivity index (χ4v) is 1.16. The van der Waals surface area contributed by atoms with Crippen molar-refractivity contribution in [2.75, 3.05) is 5.33 Å². The summed E-state index contributed by atoms with van der Waals surface area (Å²) in [6.07, 6.45) is 1.41. The average molecular weight is 251 g/mol. The summed E-state index contributed by atoms with van der Waals surface area (Å²) in [4.78, 5) is 11.2. The van der Waals surface area contributed by atoms with Gasteiger partial charge in [-0.1, -0.05) is 22.9 Å². The van der Waals surface area contributed by atoms with Gasteiger partial charge in [-0.15, -0.1) is 0 Å². The third-order valence-corrected chi connectivity index (χ3v) is 2.63. The van der Waals surface area contributed by atoms with Crippen molar-refractivity contribution >= 4 is 21.9 Å². The Bertz CT molecular complexity index is 161. The zero-order valence-electron chi connectivity index (χ0n) is 8.89. The Hall–Kier alpha value is -0.0500. The second-order valence-electron chi connectivity index (χ2n) is 4.38. The topological polar surface area (TPSA) is 26.3 Å². The highest BCUT2D eigenvalue weighted by Gasteiger charge is 2.16. The van der Waals surface area contributed by atoms with Crippen molar-refractivity contribution in [3.63, 3.8) is 0 Å². The summed E-state index contributed by atoms with van der Waals surface area (Å²) < 4.78 is 5.18. The molecule has 0 saturated carbocycles. The standard InChI is InChI=1S/C10H19BrO2/c1-8(7-11)5-6-9(12)13-10(2,3)4/h8H,5-7H2,1-4H3. The largest absolute Gasteiger partial charge is 0.460 e. The number of carbonyl (C=O) groups excluding carboxylic acids is 1. The molecule has 0 aromatic heterocycles. The first kappa shape index (κ1) is 12.9. The van der Waals surface area contributed by atoms with Gasteiger partial charge >= 0.3 is 5.97 Å². The molecule has 0 fully saturated rings. The lowest BCUT2D eigenvalue weighted by atomic mass is 10.1. The molecule has 2 nitrogen and oxygen atoms in total. The highest BCUT2D eigenvalue weighted by molar-refractivity contribution is 9.09. The van der Waals surface area contributed by atoms with Crippen LogP contribution < -0.4 is 0 Å². The van der Waals surface area contributed by atoms with Crippen LogP contribution in [0.25, 0.3) is 0 Å². The van der Waals surface area contributed by atoms with Crippen molar-refractivity contribution in [1.82, 2.24) is 0 Å². The highest BCUT2D eigenvalue weighted by atomic mass is 79.9. The Morgan fingerprint density at radius 2 is 2.00 bits per heavy atom. The quantitative estimate of drug-likeness (QED) is 0.566. The van der Waals surface area contributed by atoms with Crippen molar-refractivity contribution < 1.29 is 9.53 Å². The molecule has 0 radical (unpaired) electrons. The lowest BCUT2D eigenvalue weighted by Gasteiger charge is -2.19. The van der Waals surface area contributed by atoms with Crippen LogP contribution in [0.1, 0.15) is 40.5 Å². The Kier molecular flexibility index (Phi) is 5.61. The molecular formula is C10H19BrO2. The second-order valence-corrected chi connectivity index (χ2v) is 5.03. The molecule has 0 aliphatic rings. The van der Waals surface area contributed by atoms with E-state index in [4.69, 9.17) is 4.74 Å². The summed E-state index contributed by atoms with van der Waals surface area (Å²) in [6.45, 7) is 7.77. The van der Waals surface area contributed by atoms with E-state index in [9.17, 15) is 4.79 Å². The van der Waals surface area contributed by atoms with Crippen molar-refractivity contribution in [3.05, 3.63) is 0 Å². The molecule has 0 aliphatic heterocycles. The number of ether oxygens (including phenoxy) is 1. The molecule has 1 unspecified atom stereocenters. The van der Waals surface area contributed by atoms with Crippen LogP contribution in [0.5, 0.6) is 0 Å². The first-order valence-corrected chi connectivity index (χ1v) is 5.75. The van der Waals surface area contributed by atoms with E-state index in [1.54, 1.807) is 0 Å². The molecule has 0 aliphatic carbocycles. The first-order valence-electron chi connectivity index (χ1n) is 4.63. The van der Waals surface area contributed by atoms with Gasteiger partial charge in [-0.2, -0.15) is 0 Å². The van der Waals surface area contributed by atoms with Gasteiger partial charge < -0.3 is 4.74 Å². The number of alkyl halides is 1. The van der Waals surface area contributed by atoms with Gasteiger partial charge in [0.1, 0.15) is 5.60 Å². The summed E-state index contributed by atoms with van der Waals surface area (Å²) in [6, 6.07) is 0. The van der Waals surface area contributed by atoms with Gasteiger partial charge in [-0.3, -0.25) is 4.79 Å². The number of hydrogen-bond acceptors (Lipinski definition) is 2. The summed E-state index contributed by atoms with van der Waals surface area (Å²) >= 11 is 3.37. The SMILES string of the molecule is CC(CBr)CCC(=O)OC(C)(C)C. The van der Waals surface area contributed by atoms with Gasteiger partial charge in [0.2, 0.25) is 0 Å². The Morgan fingerprint density at radius 3 is 2.38 bits per heavy atom. The lowest BCUT2D eigenvalue weighted by Crippen LogP contribution is -2.24. The minimum atomic E-state index is -0.352. The third kappa shape index (κ3) is 8.28. The van der Waals surface area contributed by atoms with Crippen LogP contribution in [0.15, 0.2) is 0 Å². The fraction of sp³-hybridized carbons (Fsp3) is 0.900. The fourth-order valence-electron chi connectivity index (χ4n) is 0.834. The van der Waals surface area contributed by atoms with Gasteiger partial charge in [0, 0.05) is 11.8 Å². The van der Waals surface area contributed by atoms with Crippen LogP contribution in [0.2, 0.25) is 0 Å². The Balaban J connectivity index is 3.64. The third-order valence-electron chi connectivity index (χ3n) is 1.52. The minimum Gasteiger partial charge on any atom is -0.460 e. The van der Waals surface area contributed by atoms with Crippen LogP contribution in [0, 0.1) is 5.92 Å². The smallest absolute Gasteiger partial charge is 0.306 e. The monoisotopic (exact) mass is 250 g/mol. The van der Waals surface area contributed by atoms with E-state index in [1.165, 1.54) is 0 Å². The molecule has 78 valence electrons. The molecule has 0 aromatic rings.